The summed E-state index contributed by atoms with van der Waals surface area (Å²) in [5.74, 6) is 0. The van der Waals surface area contributed by atoms with E-state index in [4.69, 9.17) is 0 Å². The monoisotopic (exact) mass is 381 g/mol. The highest BCUT2D eigenvalue weighted by atomic mass is 79.9. The second-order valence-electron chi connectivity index (χ2n) is 3.09. The first-order chi connectivity index (χ1) is 7.70. The minimum absolute atomic E-state index is 0.928. The zero-order chi connectivity index (χ0) is 11.5. The number of likely N-dealkylation sites (N-methyl/N-ethyl adjacent to an activating group) is 1. The highest BCUT2D eigenvalue weighted by molar-refractivity contribution is 9.12. The van der Waals surface area contributed by atoms with Crippen LogP contribution in [-0.2, 0) is 6.42 Å². The van der Waals surface area contributed by atoms with Gasteiger partial charge in [-0.2, -0.15) is 0 Å². The minimum atomic E-state index is 0.928. The molecule has 0 atom stereocenters. The molecule has 3 nitrogen and oxygen atoms in total. The van der Waals surface area contributed by atoms with Crippen molar-refractivity contribution in [2.75, 3.05) is 13.6 Å². The topological polar surface area (TPSA) is 37.8 Å². The Kier molecular flexibility index (Phi) is 4.48. The number of hydrogen-bond acceptors (Lipinski definition) is 5. The molecule has 2 aromatic rings. The number of rotatable bonds is 4. The van der Waals surface area contributed by atoms with E-state index in [1.807, 2.05) is 7.05 Å². The maximum atomic E-state index is 4.21. The van der Waals surface area contributed by atoms with E-state index in [1.165, 1.54) is 0 Å². The van der Waals surface area contributed by atoms with Crippen LogP contribution >= 0.6 is 54.5 Å². The highest BCUT2D eigenvalue weighted by Crippen LogP contribution is 2.39. The molecular formula is C9H9Br2N3S2. The Hall–Kier alpha value is 0.180. The average Bonchev–Trinajstić information content (AvgIpc) is 2.82. The summed E-state index contributed by atoms with van der Waals surface area (Å²) in [5, 5.41) is 13.5. The molecule has 2 rings (SSSR count). The lowest BCUT2D eigenvalue weighted by Crippen LogP contribution is -2.09. The van der Waals surface area contributed by atoms with E-state index in [0.29, 0.717) is 0 Å². The average molecular weight is 383 g/mol. The Morgan fingerprint density at radius 3 is 2.75 bits per heavy atom. The number of aromatic nitrogens is 2. The van der Waals surface area contributed by atoms with Crippen molar-refractivity contribution in [1.82, 2.24) is 15.5 Å². The van der Waals surface area contributed by atoms with E-state index in [0.717, 1.165) is 36.1 Å². The van der Waals surface area contributed by atoms with Crippen LogP contribution < -0.4 is 5.32 Å². The van der Waals surface area contributed by atoms with Crippen molar-refractivity contribution in [3.05, 3.63) is 18.6 Å². The molecule has 0 aliphatic heterocycles. The highest BCUT2D eigenvalue weighted by Gasteiger charge is 2.12. The van der Waals surface area contributed by atoms with Crippen LogP contribution in [0.4, 0.5) is 0 Å². The zero-order valence-electron chi connectivity index (χ0n) is 8.46. The van der Waals surface area contributed by atoms with Crippen LogP contribution in [-0.4, -0.2) is 23.8 Å². The van der Waals surface area contributed by atoms with E-state index in [-0.39, 0.29) is 0 Å². The fourth-order valence-corrected chi connectivity index (χ4v) is 5.04. The SMILES string of the molecule is CNCCc1nnc(-c2cc(Br)sc2Br)s1. The largest absolute Gasteiger partial charge is 0.319 e. The van der Waals surface area contributed by atoms with Gasteiger partial charge in [-0.25, -0.2) is 0 Å². The second-order valence-corrected chi connectivity index (χ2v) is 7.90. The van der Waals surface area contributed by atoms with Crippen molar-refractivity contribution in [3.63, 3.8) is 0 Å². The number of nitrogens with one attached hydrogen (secondary N) is 1. The molecule has 16 heavy (non-hydrogen) atoms. The predicted molar refractivity (Wildman–Crippen MR) is 76.3 cm³/mol. The van der Waals surface area contributed by atoms with Crippen molar-refractivity contribution in [2.45, 2.75) is 6.42 Å². The summed E-state index contributed by atoms with van der Waals surface area (Å²) in [6, 6.07) is 2.07. The van der Waals surface area contributed by atoms with E-state index in [9.17, 15) is 0 Å². The van der Waals surface area contributed by atoms with Gasteiger partial charge in [-0.1, -0.05) is 11.3 Å². The molecule has 0 unspecified atom stereocenters. The molecule has 0 amide bonds. The van der Waals surface area contributed by atoms with E-state index in [2.05, 4.69) is 53.4 Å². The molecule has 86 valence electrons. The van der Waals surface area contributed by atoms with Crippen LogP contribution in [0.5, 0.6) is 0 Å². The smallest absolute Gasteiger partial charge is 0.149 e. The molecule has 0 radical (unpaired) electrons. The normalized spacial score (nSPS) is 10.9. The lowest BCUT2D eigenvalue weighted by atomic mass is 10.4. The Morgan fingerprint density at radius 2 is 2.12 bits per heavy atom. The molecule has 0 aliphatic rings. The number of halogens is 2. The number of nitrogens with zero attached hydrogens (tertiary/aromatic N) is 2. The quantitative estimate of drug-likeness (QED) is 0.878. The Bertz CT molecular complexity index is 481. The van der Waals surface area contributed by atoms with E-state index < -0.39 is 0 Å². The third-order valence-electron chi connectivity index (χ3n) is 1.94. The molecule has 0 fully saturated rings. The van der Waals surface area contributed by atoms with Gasteiger partial charge in [0.15, 0.2) is 0 Å². The molecule has 0 saturated carbocycles. The summed E-state index contributed by atoms with van der Waals surface area (Å²) in [6.45, 7) is 0.934. The van der Waals surface area contributed by atoms with Crippen LogP contribution in [0.3, 0.4) is 0 Å². The molecule has 0 aliphatic carbocycles. The van der Waals surface area contributed by atoms with E-state index >= 15 is 0 Å². The second kappa shape index (κ2) is 5.68. The molecule has 0 spiro atoms. The fraction of sp³-hybridized carbons (Fsp3) is 0.333. The van der Waals surface area contributed by atoms with Crippen LogP contribution in [0.15, 0.2) is 13.6 Å². The number of thiophene rings is 1. The van der Waals surface area contributed by atoms with Crippen LogP contribution in [0.1, 0.15) is 5.01 Å². The van der Waals surface area contributed by atoms with Gasteiger partial charge in [0.1, 0.15) is 10.0 Å². The first kappa shape index (κ1) is 12.6. The predicted octanol–water partition coefficient (Wildman–Crippen LogP) is 3.55. The van der Waals surface area contributed by atoms with Crippen LogP contribution in [0.2, 0.25) is 0 Å². The molecular weight excluding hydrogens is 374 g/mol. The maximum absolute atomic E-state index is 4.21. The van der Waals surface area contributed by atoms with Gasteiger partial charge in [0, 0.05) is 18.5 Å². The van der Waals surface area contributed by atoms with Gasteiger partial charge in [-0.15, -0.1) is 21.5 Å². The van der Waals surface area contributed by atoms with Crippen molar-refractivity contribution >= 4 is 54.5 Å². The maximum Gasteiger partial charge on any atom is 0.149 e. The zero-order valence-corrected chi connectivity index (χ0v) is 13.3. The van der Waals surface area contributed by atoms with Gasteiger partial charge in [0.25, 0.3) is 0 Å². The fourth-order valence-electron chi connectivity index (χ4n) is 1.18. The Balaban J connectivity index is 2.21. The Morgan fingerprint density at radius 1 is 1.31 bits per heavy atom. The Labute approximate surface area is 119 Å². The van der Waals surface area contributed by atoms with Crippen molar-refractivity contribution in [2.24, 2.45) is 0 Å². The number of hydrogen-bond donors (Lipinski definition) is 1. The van der Waals surface area contributed by atoms with Crippen LogP contribution in [0, 0.1) is 0 Å². The summed E-state index contributed by atoms with van der Waals surface area (Å²) in [7, 11) is 1.94. The third kappa shape index (κ3) is 2.89. The summed E-state index contributed by atoms with van der Waals surface area (Å²) in [6.07, 6.45) is 0.928. The lowest BCUT2D eigenvalue weighted by Gasteiger charge is -1.92. The van der Waals surface area contributed by atoms with Crippen LogP contribution in [0.25, 0.3) is 10.6 Å². The lowest BCUT2D eigenvalue weighted by molar-refractivity contribution is 0.779. The van der Waals surface area contributed by atoms with Gasteiger partial charge in [-0.05, 0) is 45.0 Å². The molecule has 2 heterocycles. The van der Waals surface area contributed by atoms with Crippen molar-refractivity contribution < 1.29 is 0 Å². The molecule has 0 saturated heterocycles. The summed E-state index contributed by atoms with van der Waals surface area (Å²) < 4.78 is 2.19. The first-order valence-corrected chi connectivity index (χ1v) is 7.85. The van der Waals surface area contributed by atoms with E-state index in [1.54, 1.807) is 22.7 Å². The van der Waals surface area contributed by atoms with Gasteiger partial charge < -0.3 is 5.32 Å². The van der Waals surface area contributed by atoms with Gasteiger partial charge in [0.2, 0.25) is 0 Å². The van der Waals surface area contributed by atoms with Gasteiger partial charge >= 0.3 is 0 Å². The molecule has 0 aromatic carbocycles. The molecule has 1 N–H and O–H groups in total. The van der Waals surface area contributed by atoms with Gasteiger partial charge in [0.05, 0.1) is 7.57 Å². The summed E-state index contributed by atoms with van der Waals surface area (Å²) >= 11 is 10.3. The van der Waals surface area contributed by atoms with Crippen molar-refractivity contribution in [1.29, 1.82) is 0 Å². The minimum Gasteiger partial charge on any atom is -0.319 e. The third-order valence-corrected chi connectivity index (χ3v) is 5.30. The standard InChI is InChI=1S/C9H9Br2N3S2/c1-12-3-2-7-13-14-9(16-7)5-4-6(10)15-8(5)11/h4,12H,2-3H2,1H3. The first-order valence-electron chi connectivity index (χ1n) is 4.63. The molecule has 7 heteroatoms. The van der Waals surface area contributed by atoms with Gasteiger partial charge in [-0.3, -0.25) is 0 Å². The summed E-state index contributed by atoms with van der Waals surface area (Å²) in [5.41, 5.74) is 1.12. The van der Waals surface area contributed by atoms with Crippen molar-refractivity contribution in [3.8, 4) is 10.6 Å². The molecule has 0 bridgehead atoms. The molecule has 2 aromatic heterocycles. The summed E-state index contributed by atoms with van der Waals surface area (Å²) in [4.78, 5) is 0.